The van der Waals surface area contributed by atoms with Crippen LogP contribution in [0.3, 0.4) is 0 Å². The molecule has 0 saturated heterocycles. The minimum absolute atomic E-state index is 0.140. The van der Waals surface area contributed by atoms with Crippen LogP contribution in [0.4, 0.5) is 47.8 Å². The minimum Gasteiger partial charge on any atom is -0.502 e. The summed E-state index contributed by atoms with van der Waals surface area (Å²) in [5, 5.41) is 34.4. The lowest BCUT2D eigenvalue weighted by Gasteiger charge is -2.30. The number of carbonyl (C=O) groups excluding carboxylic acids is 2. The molecule has 0 heterocycles. The number of hydrogen-bond acceptors (Lipinski definition) is 9. The van der Waals surface area contributed by atoms with Crippen molar-refractivity contribution in [3.05, 3.63) is 101 Å². The average Bonchev–Trinajstić information content (AvgIpc) is 2.94. The van der Waals surface area contributed by atoms with Gasteiger partial charge in [0, 0.05) is 32.7 Å². The first-order valence-corrected chi connectivity index (χ1v) is 16.8. The highest BCUT2D eigenvalue weighted by Crippen LogP contribution is 2.53. The number of para-hydroxylation sites is 1. The van der Waals surface area contributed by atoms with Gasteiger partial charge in [-0.2, -0.15) is 26.3 Å². The monoisotopic (exact) mass is 866 g/mol. The van der Waals surface area contributed by atoms with E-state index in [4.69, 9.17) is 5.11 Å². The van der Waals surface area contributed by atoms with Crippen LogP contribution in [0.15, 0.2) is 54.6 Å². The van der Waals surface area contributed by atoms with Crippen molar-refractivity contribution >= 4 is 61.3 Å². The topological polar surface area (TPSA) is 199 Å². The van der Waals surface area contributed by atoms with E-state index in [-0.39, 0.29) is 28.4 Å². The molecule has 3 aromatic rings. The summed E-state index contributed by atoms with van der Waals surface area (Å²) in [4.78, 5) is 44.7. The molecule has 0 atom stereocenters. The molecule has 3 N–H and O–H groups in total. The molecule has 0 fully saturated rings. The lowest BCUT2D eigenvalue weighted by atomic mass is 9.92. The van der Waals surface area contributed by atoms with Gasteiger partial charge in [0.15, 0.2) is 0 Å². The number of aromatic hydroxyl groups is 1. The first kappa shape index (κ1) is 42.6. The highest BCUT2D eigenvalue weighted by molar-refractivity contribution is 14.1. The number of alkyl halides is 7. The number of halogens is 8. The molecule has 0 saturated carbocycles. The van der Waals surface area contributed by atoms with Crippen LogP contribution in [0.25, 0.3) is 0 Å². The number of nitro groups is 2. The fourth-order valence-corrected chi connectivity index (χ4v) is 6.68. The Kier molecular flexibility index (Phi) is 12.8. The fourth-order valence-electron chi connectivity index (χ4n) is 4.56. The van der Waals surface area contributed by atoms with Crippen LogP contribution in [-0.4, -0.2) is 65.1 Å². The van der Waals surface area contributed by atoms with Crippen molar-refractivity contribution in [2.45, 2.75) is 44.3 Å². The van der Waals surface area contributed by atoms with Gasteiger partial charge >= 0.3 is 29.4 Å². The molecule has 51 heavy (non-hydrogen) atoms. The van der Waals surface area contributed by atoms with Crippen molar-refractivity contribution in [2.24, 2.45) is 0 Å². The van der Waals surface area contributed by atoms with Crippen LogP contribution in [0.5, 0.6) is 5.75 Å². The third-order valence-corrected chi connectivity index (χ3v) is 8.73. The van der Waals surface area contributed by atoms with Gasteiger partial charge in [-0.25, -0.2) is 12.8 Å². The second kappa shape index (κ2) is 15.3. The number of phenols is 1. The van der Waals surface area contributed by atoms with Gasteiger partial charge < -0.3 is 15.7 Å². The number of sulfone groups is 1. The zero-order valence-electron chi connectivity index (χ0n) is 26.4. The third-order valence-electron chi connectivity index (χ3n) is 6.59. The standard InChI is InChI=1S/C23H22F7IN2O4S.C6H4N2O5/c1-12-10-13(21(24,22(25,26)27)23(28,29)30)8-9-16(12)32-18(34)14-6-5-7-15(31)17(14)19(35)33-20(2,3)11-38(4,36)37;9-5-3-1-2-4(7(10)11)6(5)8(12)13/h5-10H,11H2,1-4H3,(H,32,34)(H,33,35);1-3,9H. The van der Waals surface area contributed by atoms with Crippen LogP contribution >= 0.6 is 22.6 Å². The molecule has 0 bridgehead atoms. The van der Waals surface area contributed by atoms with Gasteiger partial charge in [-0.1, -0.05) is 24.3 Å². The number of nitrogens with zero attached hydrogens (tertiary/aromatic N) is 2. The molecular weight excluding hydrogens is 840 g/mol. The van der Waals surface area contributed by atoms with E-state index in [1.165, 1.54) is 38.1 Å². The SMILES string of the molecule is Cc1cc(C(F)(C(F)(F)F)C(F)(F)F)ccc1NC(=O)c1cccc(I)c1C(=O)NC(C)(C)CS(C)(=O)=O.O=[N+]([O-])c1cccc(O)c1[N+](=O)[O-]. The first-order chi connectivity index (χ1) is 23.0. The Morgan fingerprint density at radius 1 is 0.882 bits per heavy atom. The van der Waals surface area contributed by atoms with Gasteiger partial charge in [-0.3, -0.25) is 29.8 Å². The van der Waals surface area contributed by atoms with Gasteiger partial charge in [-0.15, -0.1) is 0 Å². The molecule has 0 aliphatic rings. The summed E-state index contributed by atoms with van der Waals surface area (Å²) in [6.45, 7) is 3.99. The van der Waals surface area contributed by atoms with Crippen LogP contribution in [0.2, 0.25) is 0 Å². The molecule has 22 heteroatoms. The molecule has 3 aromatic carbocycles. The molecule has 0 radical (unpaired) electrons. The molecule has 0 aromatic heterocycles. The van der Waals surface area contributed by atoms with Gasteiger partial charge in [0.2, 0.25) is 5.75 Å². The number of phenolic OH excluding ortho intramolecular Hbond substituents is 1. The van der Waals surface area contributed by atoms with E-state index in [0.29, 0.717) is 15.7 Å². The van der Waals surface area contributed by atoms with Crippen molar-refractivity contribution in [2.75, 3.05) is 17.3 Å². The van der Waals surface area contributed by atoms with Crippen LogP contribution < -0.4 is 10.6 Å². The maximum absolute atomic E-state index is 14.4. The number of nitro benzene ring substituents is 2. The van der Waals surface area contributed by atoms with Gasteiger partial charge in [0.25, 0.3) is 11.8 Å². The van der Waals surface area contributed by atoms with Crippen molar-refractivity contribution in [1.82, 2.24) is 5.32 Å². The molecule has 13 nitrogen and oxygen atoms in total. The van der Waals surface area contributed by atoms with Gasteiger partial charge in [0.05, 0.1) is 26.7 Å². The summed E-state index contributed by atoms with van der Waals surface area (Å²) in [7, 11) is -3.49. The maximum atomic E-state index is 14.4. The second-order valence-electron chi connectivity index (χ2n) is 11.4. The van der Waals surface area contributed by atoms with E-state index in [1.54, 1.807) is 22.6 Å². The van der Waals surface area contributed by atoms with E-state index >= 15 is 0 Å². The average molecular weight is 867 g/mol. The summed E-state index contributed by atoms with van der Waals surface area (Å²) in [6.07, 6.45) is -11.6. The predicted octanol–water partition coefficient (Wildman–Crippen LogP) is 6.90. The number of benzene rings is 3. The molecule has 0 aliphatic carbocycles. The Bertz CT molecular complexity index is 1960. The van der Waals surface area contributed by atoms with E-state index in [1.807, 2.05) is 0 Å². The Hall–Kier alpha value is -4.61. The third kappa shape index (κ3) is 10.2. The summed E-state index contributed by atoms with van der Waals surface area (Å²) in [6, 6.07) is 8.59. The quantitative estimate of drug-likeness (QED) is 0.0886. The van der Waals surface area contributed by atoms with Gasteiger partial charge in [0.1, 0.15) is 9.84 Å². The van der Waals surface area contributed by atoms with E-state index in [0.717, 1.165) is 25.3 Å². The van der Waals surface area contributed by atoms with Crippen LogP contribution in [0.1, 0.15) is 45.7 Å². The number of hydrogen-bond donors (Lipinski definition) is 3. The minimum atomic E-state index is -6.30. The number of aryl methyl sites for hydroxylation is 1. The number of nitrogens with one attached hydrogen (secondary N) is 2. The lowest BCUT2D eigenvalue weighted by molar-refractivity contribution is -0.423. The Labute approximate surface area is 297 Å². The van der Waals surface area contributed by atoms with Crippen molar-refractivity contribution < 1.29 is 63.7 Å². The highest BCUT2D eigenvalue weighted by Gasteiger charge is 2.73. The summed E-state index contributed by atoms with van der Waals surface area (Å²) in [5.74, 6) is -2.85. The Morgan fingerprint density at radius 3 is 1.88 bits per heavy atom. The smallest absolute Gasteiger partial charge is 0.435 e. The lowest BCUT2D eigenvalue weighted by Crippen LogP contribution is -2.50. The van der Waals surface area contributed by atoms with E-state index in [2.05, 4.69) is 10.6 Å². The normalized spacial score (nSPS) is 12.3. The predicted molar refractivity (Wildman–Crippen MR) is 176 cm³/mol. The maximum Gasteiger partial charge on any atom is 0.435 e. The highest BCUT2D eigenvalue weighted by atomic mass is 127. The van der Waals surface area contributed by atoms with Crippen LogP contribution in [0, 0.1) is 30.7 Å². The summed E-state index contributed by atoms with van der Waals surface area (Å²) >= 11 is 1.77. The van der Waals surface area contributed by atoms with E-state index < -0.39 is 83.5 Å². The van der Waals surface area contributed by atoms with Crippen molar-refractivity contribution in [3.63, 3.8) is 0 Å². The molecule has 278 valence electrons. The molecule has 0 aliphatic heterocycles. The fraction of sp³-hybridized carbons (Fsp3) is 0.310. The molecule has 0 unspecified atom stereocenters. The second-order valence-corrected chi connectivity index (χ2v) is 14.7. The zero-order valence-corrected chi connectivity index (χ0v) is 29.4. The zero-order chi connectivity index (χ0) is 39.5. The van der Waals surface area contributed by atoms with Crippen molar-refractivity contribution in [1.29, 1.82) is 0 Å². The molecular formula is C29H26F7IN4O9S. The number of rotatable bonds is 9. The first-order valence-electron chi connectivity index (χ1n) is 13.7. The van der Waals surface area contributed by atoms with Crippen molar-refractivity contribution in [3.8, 4) is 5.75 Å². The van der Waals surface area contributed by atoms with Gasteiger partial charge in [-0.05, 0) is 73.2 Å². The summed E-state index contributed by atoms with van der Waals surface area (Å²) in [5.41, 5.74) is -11.1. The summed E-state index contributed by atoms with van der Waals surface area (Å²) < 4.78 is 117. The number of amides is 2. The molecule has 0 spiro atoms. The number of anilines is 1. The molecule has 3 rings (SSSR count). The number of carbonyl (C=O) groups is 2. The Morgan fingerprint density at radius 2 is 1.43 bits per heavy atom. The molecule has 2 amide bonds. The Balaban J connectivity index is 0.000000579. The van der Waals surface area contributed by atoms with E-state index in [9.17, 15) is 69.0 Å². The largest absolute Gasteiger partial charge is 0.502 e. The van der Waals surface area contributed by atoms with Crippen LogP contribution in [-0.2, 0) is 15.5 Å².